The van der Waals surface area contributed by atoms with E-state index in [9.17, 15) is 0 Å². The summed E-state index contributed by atoms with van der Waals surface area (Å²) in [5.74, 6) is 0.890. The molecule has 2 N–H and O–H groups in total. The van der Waals surface area contributed by atoms with E-state index in [4.69, 9.17) is 5.73 Å². The molecule has 3 nitrogen and oxygen atoms in total. The zero-order chi connectivity index (χ0) is 15.0. The van der Waals surface area contributed by atoms with Crippen molar-refractivity contribution in [3.05, 3.63) is 0 Å². The maximum atomic E-state index is 6.23. The van der Waals surface area contributed by atoms with Crippen molar-refractivity contribution < 1.29 is 0 Å². The molecule has 0 aromatic rings. The highest BCUT2D eigenvalue weighted by atomic mass is 15.2. The van der Waals surface area contributed by atoms with Gasteiger partial charge in [0.15, 0.2) is 0 Å². The minimum atomic E-state index is 0.287. The zero-order valence-corrected chi connectivity index (χ0v) is 14.3. The standard InChI is InChI=1S/C17H37N3/c1-5-12-20(14-13-19(6-2)7-3)17(15-18)10-8-16(4)9-11-17/h16H,5-15,18H2,1-4H3. The SMILES string of the molecule is CCCN(CCN(CC)CC)C1(CN)CCC(C)CC1. The monoisotopic (exact) mass is 283 g/mol. The van der Waals surface area contributed by atoms with E-state index >= 15 is 0 Å². The van der Waals surface area contributed by atoms with Gasteiger partial charge < -0.3 is 10.6 Å². The van der Waals surface area contributed by atoms with Gasteiger partial charge in [0, 0.05) is 25.2 Å². The zero-order valence-electron chi connectivity index (χ0n) is 14.3. The summed E-state index contributed by atoms with van der Waals surface area (Å²) >= 11 is 0. The third-order valence-corrected chi connectivity index (χ3v) is 5.33. The lowest BCUT2D eigenvalue weighted by Gasteiger charge is -2.48. The smallest absolute Gasteiger partial charge is 0.0332 e. The highest BCUT2D eigenvalue weighted by molar-refractivity contribution is 4.95. The van der Waals surface area contributed by atoms with E-state index in [1.807, 2.05) is 0 Å². The maximum absolute atomic E-state index is 6.23. The lowest BCUT2D eigenvalue weighted by atomic mass is 9.76. The molecule has 0 amide bonds. The van der Waals surface area contributed by atoms with Crippen LogP contribution in [0.3, 0.4) is 0 Å². The van der Waals surface area contributed by atoms with Crippen LogP contribution in [0.4, 0.5) is 0 Å². The van der Waals surface area contributed by atoms with Crippen LogP contribution in [0.15, 0.2) is 0 Å². The van der Waals surface area contributed by atoms with E-state index in [1.54, 1.807) is 0 Å². The largest absolute Gasteiger partial charge is 0.329 e. The highest BCUT2D eigenvalue weighted by Crippen LogP contribution is 2.35. The number of likely N-dealkylation sites (N-methyl/N-ethyl adjacent to an activating group) is 1. The molecule has 20 heavy (non-hydrogen) atoms. The van der Waals surface area contributed by atoms with Crippen LogP contribution >= 0.6 is 0 Å². The van der Waals surface area contributed by atoms with Crippen molar-refractivity contribution in [3.8, 4) is 0 Å². The molecule has 1 aliphatic carbocycles. The second-order valence-electron chi connectivity index (χ2n) is 6.62. The van der Waals surface area contributed by atoms with Gasteiger partial charge in [-0.1, -0.05) is 27.7 Å². The molecule has 1 rings (SSSR count). The van der Waals surface area contributed by atoms with Crippen molar-refractivity contribution in [1.82, 2.24) is 9.80 Å². The molecule has 0 atom stereocenters. The predicted octanol–water partition coefficient (Wildman–Crippen LogP) is 2.95. The maximum Gasteiger partial charge on any atom is 0.0332 e. The highest BCUT2D eigenvalue weighted by Gasteiger charge is 2.37. The molecule has 0 heterocycles. The van der Waals surface area contributed by atoms with Crippen LogP contribution in [0, 0.1) is 5.92 Å². The van der Waals surface area contributed by atoms with Gasteiger partial charge in [-0.15, -0.1) is 0 Å². The molecule has 0 radical (unpaired) electrons. The Morgan fingerprint density at radius 3 is 2.05 bits per heavy atom. The van der Waals surface area contributed by atoms with E-state index in [0.29, 0.717) is 0 Å². The molecule has 1 fully saturated rings. The van der Waals surface area contributed by atoms with Crippen LogP contribution in [0.1, 0.15) is 59.8 Å². The summed E-state index contributed by atoms with van der Waals surface area (Å²) in [4.78, 5) is 5.25. The van der Waals surface area contributed by atoms with Gasteiger partial charge in [0.05, 0.1) is 0 Å². The summed E-state index contributed by atoms with van der Waals surface area (Å²) in [6.45, 7) is 15.9. The number of hydrogen-bond acceptors (Lipinski definition) is 3. The summed E-state index contributed by atoms with van der Waals surface area (Å²) in [6, 6.07) is 0. The van der Waals surface area contributed by atoms with Crippen molar-refractivity contribution in [2.75, 3.05) is 39.3 Å². The van der Waals surface area contributed by atoms with E-state index in [0.717, 1.165) is 25.6 Å². The van der Waals surface area contributed by atoms with Crippen LogP contribution in [0.25, 0.3) is 0 Å². The van der Waals surface area contributed by atoms with Crippen LogP contribution < -0.4 is 5.73 Å². The summed E-state index contributed by atoms with van der Waals surface area (Å²) in [7, 11) is 0. The molecule has 0 saturated heterocycles. The number of rotatable bonds is 9. The van der Waals surface area contributed by atoms with E-state index in [1.165, 1.54) is 51.7 Å². The third-order valence-electron chi connectivity index (χ3n) is 5.33. The van der Waals surface area contributed by atoms with Gasteiger partial charge in [0.2, 0.25) is 0 Å². The van der Waals surface area contributed by atoms with Gasteiger partial charge in [-0.05, 0) is 57.7 Å². The molecule has 1 saturated carbocycles. The Morgan fingerprint density at radius 1 is 1.00 bits per heavy atom. The summed E-state index contributed by atoms with van der Waals surface area (Å²) in [6.07, 6.45) is 6.52. The average Bonchev–Trinajstić information content (AvgIpc) is 2.48. The Kier molecular flexibility index (Phi) is 8.08. The molecule has 0 spiro atoms. The van der Waals surface area contributed by atoms with Crippen molar-refractivity contribution in [2.24, 2.45) is 11.7 Å². The Morgan fingerprint density at radius 2 is 1.60 bits per heavy atom. The lowest BCUT2D eigenvalue weighted by molar-refractivity contribution is 0.0369. The number of nitrogens with two attached hydrogens (primary N) is 1. The molecule has 0 aromatic carbocycles. The Labute approximate surface area is 126 Å². The van der Waals surface area contributed by atoms with Crippen LogP contribution in [-0.2, 0) is 0 Å². The van der Waals surface area contributed by atoms with E-state index < -0.39 is 0 Å². The minimum Gasteiger partial charge on any atom is -0.329 e. The van der Waals surface area contributed by atoms with Gasteiger partial charge in [-0.25, -0.2) is 0 Å². The quantitative estimate of drug-likeness (QED) is 0.706. The van der Waals surface area contributed by atoms with Crippen molar-refractivity contribution >= 4 is 0 Å². The molecule has 3 heteroatoms. The molecule has 0 aromatic heterocycles. The van der Waals surface area contributed by atoms with Gasteiger partial charge in [-0.2, -0.15) is 0 Å². The van der Waals surface area contributed by atoms with Gasteiger partial charge in [0.1, 0.15) is 0 Å². The molecule has 0 unspecified atom stereocenters. The van der Waals surface area contributed by atoms with Gasteiger partial charge in [0.25, 0.3) is 0 Å². The van der Waals surface area contributed by atoms with Crippen molar-refractivity contribution in [2.45, 2.75) is 65.3 Å². The average molecular weight is 284 g/mol. The van der Waals surface area contributed by atoms with Crippen LogP contribution in [-0.4, -0.2) is 54.6 Å². The summed E-state index contributed by atoms with van der Waals surface area (Å²) in [5, 5.41) is 0. The lowest BCUT2D eigenvalue weighted by Crippen LogP contribution is -2.57. The number of hydrogen-bond donors (Lipinski definition) is 1. The van der Waals surface area contributed by atoms with Gasteiger partial charge in [-0.3, -0.25) is 4.90 Å². The first kappa shape index (κ1) is 17.9. The number of nitrogens with zero attached hydrogens (tertiary/aromatic N) is 2. The molecule has 120 valence electrons. The minimum absolute atomic E-state index is 0.287. The topological polar surface area (TPSA) is 32.5 Å². The van der Waals surface area contributed by atoms with E-state index in [-0.39, 0.29) is 5.54 Å². The molecular weight excluding hydrogens is 246 g/mol. The van der Waals surface area contributed by atoms with E-state index in [2.05, 4.69) is 37.5 Å². The first-order valence-electron chi connectivity index (χ1n) is 8.79. The normalized spacial score (nSPS) is 27.4. The Balaban J connectivity index is 2.66. The van der Waals surface area contributed by atoms with Crippen molar-refractivity contribution in [3.63, 3.8) is 0 Å². The molecule has 0 aliphatic heterocycles. The first-order valence-corrected chi connectivity index (χ1v) is 8.79. The fourth-order valence-electron chi connectivity index (χ4n) is 3.61. The molecular formula is C17H37N3. The van der Waals surface area contributed by atoms with Gasteiger partial charge >= 0.3 is 0 Å². The third kappa shape index (κ3) is 4.71. The summed E-state index contributed by atoms with van der Waals surface area (Å²) < 4.78 is 0. The van der Waals surface area contributed by atoms with Crippen LogP contribution in [0.2, 0.25) is 0 Å². The second kappa shape index (κ2) is 9.01. The fraction of sp³-hybridized carbons (Fsp3) is 1.00. The Hall–Kier alpha value is -0.120. The molecule has 1 aliphatic rings. The molecule has 0 bridgehead atoms. The first-order chi connectivity index (χ1) is 9.61. The fourth-order valence-corrected chi connectivity index (χ4v) is 3.61. The summed E-state index contributed by atoms with van der Waals surface area (Å²) in [5.41, 5.74) is 6.52. The van der Waals surface area contributed by atoms with Crippen molar-refractivity contribution in [1.29, 1.82) is 0 Å². The second-order valence-corrected chi connectivity index (χ2v) is 6.62. The van der Waals surface area contributed by atoms with Crippen LogP contribution in [0.5, 0.6) is 0 Å². The predicted molar refractivity (Wildman–Crippen MR) is 89.1 cm³/mol. The Bertz CT molecular complexity index is 243.